The Hall–Kier alpha value is 0.870. The first-order valence-electron chi connectivity index (χ1n) is 1.59. The molecule has 1 unspecified atom stereocenters. The Bertz CT molecular complexity index is 136. The van der Waals surface area contributed by atoms with Gasteiger partial charge in [-0.25, -0.2) is 0 Å². The molecule has 8 heavy (non-hydrogen) atoms. The van der Waals surface area contributed by atoms with Gasteiger partial charge in [0.05, 0.1) is 0 Å². The van der Waals surface area contributed by atoms with Crippen LogP contribution in [-0.4, -0.2) is 53.1 Å². The summed E-state index contributed by atoms with van der Waals surface area (Å²) in [4.78, 5) is 0. The van der Waals surface area contributed by atoms with Crippen molar-refractivity contribution in [1.82, 2.24) is 0 Å². The molecule has 0 heterocycles. The van der Waals surface area contributed by atoms with Crippen molar-refractivity contribution in [1.29, 1.82) is 0 Å². The predicted octanol–water partition coefficient (Wildman–Crippen LogP) is -1.44. The zero-order valence-electron chi connectivity index (χ0n) is 3.70. The van der Waals surface area contributed by atoms with Crippen LogP contribution in [0.3, 0.4) is 0 Å². The normalized spacial score (nSPS) is 14.4. The second-order valence-electron chi connectivity index (χ2n) is 1.11. The first-order chi connectivity index (χ1) is 2.94. The molecule has 4 nitrogen and oxygen atoms in total. The molecule has 0 bridgehead atoms. The fourth-order valence-corrected chi connectivity index (χ4v) is 0. The Morgan fingerprint density at radius 1 is 1.50 bits per heavy atom. The van der Waals surface area contributed by atoms with E-state index in [0.717, 1.165) is 6.92 Å². The molecule has 0 aromatic carbocycles. The monoisotopic (exact) mass is 150 g/mol. The van der Waals surface area contributed by atoms with E-state index in [-0.39, 0.29) is 29.6 Å². The Balaban J connectivity index is 0. The van der Waals surface area contributed by atoms with Gasteiger partial charge in [0.25, 0.3) is 10.1 Å². The number of aliphatic hydroxyl groups is 1. The van der Waals surface area contributed by atoms with E-state index in [2.05, 4.69) is 0 Å². The molecular formula is C2H7NaO4S. The van der Waals surface area contributed by atoms with Gasteiger partial charge in [0.2, 0.25) is 0 Å². The zero-order chi connectivity index (χ0) is 6.08. The molecule has 0 amide bonds. The molecule has 2 N–H and O–H groups in total. The average Bonchev–Trinajstić information content (AvgIpc) is 1.31. The Morgan fingerprint density at radius 2 is 1.62 bits per heavy atom. The van der Waals surface area contributed by atoms with Crippen LogP contribution in [0.15, 0.2) is 0 Å². The summed E-state index contributed by atoms with van der Waals surface area (Å²) in [5.74, 6) is 0. The van der Waals surface area contributed by atoms with E-state index in [0.29, 0.717) is 0 Å². The molecular weight excluding hydrogens is 143 g/mol. The third-order valence-electron chi connectivity index (χ3n) is 0.431. The molecule has 0 aromatic rings. The van der Waals surface area contributed by atoms with Crippen LogP contribution in [0.2, 0.25) is 0 Å². The maximum absolute atomic E-state index is 9.64. The van der Waals surface area contributed by atoms with Crippen LogP contribution < -0.4 is 0 Å². The zero-order valence-corrected chi connectivity index (χ0v) is 4.51. The Kier molecular flexibility index (Phi) is 5.55. The molecule has 0 fully saturated rings. The summed E-state index contributed by atoms with van der Waals surface area (Å²) in [5.41, 5.74) is -1.67. The molecule has 0 rings (SSSR count). The van der Waals surface area contributed by atoms with Gasteiger partial charge >= 0.3 is 29.6 Å². The van der Waals surface area contributed by atoms with Gasteiger partial charge in [-0.2, -0.15) is 8.42 Å². The molecule has 0 aliphatic heterocycles. The molecule has 6 heteroatoms. The maximum atomic E-state index is 9.64. The molecule has 0 aromatic heterocycles. The van der Waals surface area contributed by atoms with Crippen molar-refractivity contribution >= 4 is 39.7 Å². The van der Waals surface area contributed by atoms with Gasteiger partial charge in [-0.05, 0) is 6.92 Å². The molecule has 0 saturated heterocycles. The Morgan fingerprint density at radius 3 is 1.62 bits per heavy atom. The minimum atomic E-state index is -4.19. The van der Waals surface area contributed by atoms with Gasteiger partial charge in [0.15, 0.2) is 5.44 Å². The summed E-state index contributed by atoms with van der Waals surface area (Å²) in [6.07, 6.45) is 0. The second kappa shape index (κ2) is 3.81. The van der Waals surface area contributed by atoms with E-state index in [1.807, 2.05) is 0 Å². The fourth-order valence-electron chi connectivity index (χ4n) is 0. The van der Waals surface area contributed by atoms with Gasteiger partial charge < -0.3 is 5.11 Å². The second-order valence-corrected chi connectivity index (χ2v) is 2.83. The molecule has 0 saturated carbocycles. The van der Waals surface area contributed by atoms with E-state index >= 15 is 0 Å². The van der Waals surface area contributed by atoms with Gasteiger partial charge in [-0.1, -0.05) is 0 Å². The summed E-state index contributed by atoms with van der Waals surface area (Å²) < 4.78 is 27.1. The number of aliphatic hydroxyl groups excluding tert-OH is 1. The van der Waals surface area contributed by atoms with E-state index in [1.165, 1.54) is 0 Å². The van der Waals surface area contributed by atoms with Crippen LogP contribution >= 0.6 is 0 Å². The third kappa shape index (κ3) is 5.02. The summed E-state index contributed by atoms with van der Waals surface area (Å²) in [5, 5.41) is 8.05. The van der Waals surface area contributed by atoms with Crippen molar-refractivity contribution in [2.45, 2.75) is 12.4 Å². The Labute approximate surface area is 69.9 Å². The summed E-state index contributed by atoms with van der Waals surface area (Å²) in [6.45, 7) is 0.968. The van der Waals surface area contributed by atoms with Crippen molar-refractivity contribution in [2.75, 3.05) is 0 Å². The van der Waals surface area contributed by atoms with E-state index < -0.39 is 15.6 Å². The van der Waals surface area contributed by atoms with E-state index in [4.69, 9.17) is 9.66 Å². The minimum absolute atomic E-state index is 0. The summed E-state index contributed by atoms with van der Waals surface area (Å²) >= 11 is 0. The quantitative estimate of drug-likeness (QED) is 0.355. The molecule has 0 aliphatic rings. The number of hydrogen-bond acceptors (Lipinski definition) is 3. The number of hydrogen-bond donors (Lipinski definition) is 2. The van der Waals surface area contributed by atoms with Crippen molar-refractivity contribution in [3.05, 3.63) is 0 Å². The fraction of sp³-hybridized carbons (Fsp3) is 1.00. The van der Waals surface area contributed by atoms with E-state index in [9.17, 15) is 8.42 Å². The molecule has 0 aliphatic carbocycles. The molecule has 0 radical (unpaired) electrons. The standard InChI is InChI=1S/C2H6O4S.Na.H/c1-2(3)7(4,5)6;;/h2-3H,1H3,(H,4,5,6);;. The first-order valence-corrected chi connectivity index (χ1v) is 3.09. The predicted molar refractivity (Wildman–Crippen MR) is 30.4 cm³/mol. The number of rotatable bonds is 1. The molecule has 46 valence electrons. The summed E-state index contributed by atoms with van der Waals surface area (Å²) in [6, 6.07) is 0. The van der Waals surface area contributed by atoms with Crippen LogP contribution in [-0.2, 0) is 10.1 Å². The van der Waals surface area contributed by atoms with Gasteiger partial charge in [-0.15, -0.1) is 0 Å². The van der Waals surface area contributed by atoms with E-state index in [1.54, 1.807) is 0 Å². The molecule has 1 atom stereocenters. The van der Waals surface area contributed by atoms with Crippen LogP contribution in [0.5, 0.6) is 0 Å². The third-order valence-corrected chi connectivity index (χ3v) is 1.29. The van der Waals surface area contributed by atoms with Crippen LogP contribution in [0.25, 0.3) is 0 Å². The van der Waals surface area contributed by atoms with Crippen LogP contribution in [0, 0.1) is 0 Å². The topological polar surface area (TPSA) is 74.6 Å². The summed E-state index contributed by atoms with van der Waals surface area (Å²) in [7, 11) is -4.19. The van der Waals surface area contributed by atoms with Crippen molar-refractivity contribution < 1.29 is 18.1 Å². The average molecular weight is 150 g/mol. The first kappa shape index (κ1) is 11.6. The van der Waals surface area contributed by atoms with Crippen molar-refractivity contribution in [3.63, 3.8) is 0 Å². The van der Waals surface area contributed by atoms with Gasteiger partial charge in [0.1, 0.15) is 0 Å². The molecule has 0 spiro atoms. The van der Waals surface area contributed by atoms with Gasteiger partial charge in [-0.3, -0.25) is 4.55 Å². The van der Waals surface area contributed by atoms with Crippen molar-refractivity contribution in [3.8, 4) is 0 Å². The van der Waals surface area contributed by atoms with Gasteiger partial charge in [0, 0.05) is 0 Å². The van der Waals surface area contributed by atoms with Crippen LogP contribution in [0.4, 0.5) is 0 Å². The van der Waals surface area contributed by atoms with Crippen molar-refractivity contribution in [2.24, 2.45) is 0 Å². The van der Waals surface area contributed by atoms with Crippen LogP contribution in [0.1, 0.15) is 6.92 Å². The SMILES string of the molecule is CC(O)S(=O)(=O)O.[NaH].